The van der Waals surface area contributed by atoms with Crippen LogP contribution in [0.15, 0.2) is 66.9 Å². The van der Waals surface area contributed by atoms with Gasteiger partial charge in [-0.05, 0) is 40.8 Å². The number of pyridine rings is 1. The normalized spacial score (nSPS) is 10.9. The molecule has 0 unspecified atom stereocenters. The molecule has 0 aliphatic carbocycles. The van der Waals surface area contributed by atoms with Crippen molar-refractivity contribution in [2.45, 2.75) is 6.42 Å². The molecule has 6 heteroatoms. The van der Waals surface area contributed by atoms with E-state index in [0.29, 0.717) is 11.4 Å². The number of rotatable bonds is 7. The first kappa shape index (κ1) is 20.1. The van der Waals surface area contributed by atoms with Gasteiger partial charge in [0.15, 0.2) is 0 Å². The van der Waals surface area contributed by atoms with Crippen molar-refractivity contribution < 1.29 is 14.6 Å². The molecular formula is C24H22N2O3S. The first-order valence-electron chi connectivity index (χ1n) is 9.68. The molecule has 0 fully saturated rings. The number of aliphatic hydroxyl groups excluding tert-OH is 1. The fraction of sp³-hybridized carbons (Fsp3) is 0.167. The van der Waals surface area contributed by atoms with Gasteiger partial charge in [-0.3, -0.25) is 4.79 Å². The first-order chi connectivity index (χ1) is 14.7. The van der Waals surface area contributed by atoms with E-state index in [-0.39, 0.29) is 19.1 Å². The minimum atomic E-state index is -0.186. The Balaban J connectivity index is 1.69. The molecule has 1 amide bonds. The second-order valence-electron chi connectivity index (χ2n) is 6.85. The standard InChI is InChI=1S/C24H22N2O3S/c1-29-24-19(8-4-10-26-24)15-20-14-17-6-3-9-21(22(17)30-20)16-5-2-7-18(13-16)23(28)25-11-12-27/h2-10,13-14,27H,11-12,15H2,1H3,(H,25,28). The lowest BCUT2D eigenvalue weighted by Gasteiger charge is -2.07. The number of benzene rings is 2. The van der Waals surface area contributed by atoms with E-state index in [9.17, 15) is 4.79 Å². The number of carbonyl (C=O) groups is 1. The Kier molecular flexibility index (Phi) is 6.07. The smallest absolute Gasteiger partial charge is 0.251 e. The van der Waals surface area contributed by atoms with E-state index in [1.54, 1.807) is 30.7 Å². The minimum Gasteiger partial charge on any atom is -0.481 e. The number of fused-ring (bicyclic) bond motifs is 1. The molecule has 5 nitrogen and oxygen atoms in total. The Bertz CT molecular complexity index is 1190. The predicted octanol–water partition coefficient (Wildman–Crippen LogP) is 4.28. The van der Waals surface area contributed by atoms with E-state index < -0.39 is 0 Å². The molecule has 0 saturated carbocycles. The topological polar surface area (TPSA) is 71.5 Å². The van der Waals surface area contributed by atoms with Gasteiger partial charge in [-0.25, -0.2) is 4.98 Å². The van der Waals surface area contributed by atoms with Crippen LogP contribution in [-0.2, 0) is 6.42 Å². The lowest BCUT2D eigenvalue weighted by atomic mass is 10.0. The lowest BCUT2D eigenvalue weighted by molar-refractivity contribution is 0.0945. The molecule has 0 aliphatic heterocycles. The quantitative estimate of drug-likeness (QED) is 0.470. The Labute approximate surface area is 179 Å². The van der Waals surface area contributed by atoms with E-state index >= 15 is 0 Å². The second-order valence-corrected chi connectivity index (χ2v) is 7.98. The van der Waals surface area contributed by atoms with Crippen molar-refractivity contribution in [3.8, 4) is 17.0 Å². The van der Waals surface area contributed by atoms with Crippen LogP contribution in [0.2, 0.25) is 0 Å². The summed E-state index contributed by atoms with van der Waals surface area (Å²) >= 11 is 1.74. The third-order valence-electron chi connectivity index (χ3n) is 4.84. The minimum absolute atomic E-state index is 0.0789. The zero-order valence-electron chi connectivity index (χ0n) is 16.6. The number of hydrogen-bond donors (Lipinski definition) is 2. The maximum atomic E-state index is 12.3. The molecule has 2 N–H and O–H groups in total. The number of carbonyl (C=O) groups excluding carboxylic acids is 1. The summed E-state index contributed by atoms with van der Waals surface area (Å²) in [6.45, 7) is 0.162. The molecule has 0 radical (unpaired) electrons. The molecule has 2 heterocycles. The zero-order chi connectivity index (χ0) is 20.9. The zero-order valence-corrected chi connectivity index (χ0v) is 17.4. The average molecular weight is 419 g/mol. The largest absolute Gasteiger partial charge is 0.481 e. The summed E-state index contributed by atoms with van der Waals surface area (Å²) in [5.74, 6) is 0.463. The van der Waals surface area contributed by atoms with Crippen molar-refractivity contribution in [1.29, 1.82) is 0 Å². The van der Waals surface area contributed by atoms with Gasteiger partial charge in [0.05, 0.1) is 13.7 Å². The van der Waals surface area contributed by atoms with Crippen LogP contribution in [0.25, 0.3) is 21.2 Å². The number of nitrogens with one attached hydrogen (secondary N) is 1. The summed E-state index contributed by atoms with van der Waals surface area (Å²) in [4.78, 5) is 17.8. The Hall–Kier alpha value is -3.22. The van der Waals surface area contributed by atoms with Crippen molar-refractivity contribution in [3.05, 3.63) is 82.9 Å². The van der Waals surface area contributed by atoms with E-state index in [1.807, 2.05) is 36.4 Å². The van der Waals surface area contributed by atoms with Gasteiger partial charge in [0.25, 0.3) is 5.91 Å². The van der Waals surface area contributed by atoms with Gasteiger partial charge in [-0.15, -0.1) is 11.3 Å². The molecule has 0 bridgehead atoms. The van der Waals surface area contributed by atoms with Crippen LogP contribution >= 0.6 is 11.3 Å². The SMILES string of the molecule is COc1ncccc1Cc1cc2cccc(-c3cccc(C(=O)NCCO)c3)c2s1. The number of aromatic nitrogens is 1. The Morgan fingerprint density at radius 1 is 1.13 bits per heavy atom. The number of nitrogens with zero attached hydrogens (tertiary/aromatic N) is 1. The Morgan fingerprint density at radius 3 is 2.83 bits per heavy atom. The highest BCUT2D eigenvalue weighted by Gasteiger charge is 2.12. The molecule has 0 atom stereocenters. The van der Waals surface area contributed by atoms with Crippen molar-refractivity contribution in [2.24, 2.45) is 0 Å². The fourth-order valence-corrected chi connectivity index (χ4v) is 4.68. The number of amides is 1. The third-order valence-corrected chi connectivity index (χ3v) is 6.02. The van der Waals surface area contributed by atoms with Crippen molar-refractivity contribution in [2.75, 3.05) is 20.3 Å². The van der Waals surface area contributed by atoms with Crippen molar-refractivity contribution in [3.63, 3.8) is 0 Å². The Morgan fingerprint density at radius 2 is 2.00 bits per heavy atom. The monoisotopic (exact) mass is 418 g/mol. The molecule has 0 spiro atoms. The number of methoxy groups -OCH3 is 1. The molecule has 2 aromatic heterocycles. The maximum absolute atomic E-state index is 12.3. The van der Waals surface area contributed by atoms with Gasteiger partial charge in [0.1, 0.15) is 0 Å². The molecular weight excluding hydrogens is 396 g/mol. The summed E-state index contributed by atoms with van der Waals surface area (Å²) in [6.07, 6.45) is 2.48. The van der Waals surface area contributed by atoms with Crippen LogP contribution < -0.4 is 10.1 Å². The summed E-state index contributed by atoms with van der Waals surface area (Å²) in [5, 5.41) is 12.8. The average Bonchev–Trinajstić information content (AvgIpc) is 3.20. The second kappa shape index (κ2) is 9.07. The van der Waals surface area contributed by atoms with Gasteiger partial charge in [-0.2, -0.15) is 0 Å². The van der Waals surface area contributed by atoms with Crippen molar-refractivity contribution >= 4 is 27.3 Å². The van der Waals surface area contributed by atoms with E-state index in [1.165, 1.54) is 15.0 Å². The van der Waals surface area contributed by atoms with Gasteiger partial charge in [-0.1, -0.05) is 36.4 Å². The molecule has 4 aromatic rings. The molecule has 2 aromatic carbocycles. The predicted molar refractivity (Wildman–Crippen MR) is 120 cm³/mol. The third kappa shape index (κ3) is 4.20. The van der Waals surface area contributed by atoms with Crippen LogP contribution in [0, 0.1) is 0 Å². The van der Waals surface area contributed by atoms with E-state index in [4.69, 9.17) is 9.84 Å². The molecule has 0 saturated heterocycles. The number of thiophene rings is 1. The maximum Gasteiger partial charge on any atom is 0.251 e. The number of ether oxygens (including phenoxy) is 1. The first-order valence-corrected chi connectivity index (χ1v) is 10.5. The van der Waals surface area contributed by atoms with E-state index in [0.717, 1.165) is 23.1 Å². The van der Waals surface area contributed by atoms with E-state index in [2.05, 4.69) is 28.5 Å². The number of hydrogen-bond acceptors (Lipinski definition) is 5. The molecule has 152 valence electrons. The number of aliphatic hydroxyl groups is 1. The molecule has 0 aliphatic rings. The van der Waals surface area contributed by atoms with Crippen LogP contribution in [0.1, 0.15) is 20.8 Å². The summed E-state index contributed by atoms with van der Waals surface area (Å²) in [7, 11) is 1.64. The lowest BCUT2D eigenvalue weighted by Crippen LogP contribution is -2.26. The van der Waals surface area contributed by atoms with Gasteiger partial charge < -0.3 is 15.2 Å². The van der Waals surface area contributed by atoms with Gasteiger partial charge in [0, 0.05) is 39.9 Å². The van der Waals surface area contributed by atoms with Gasteiger partial charge >= 0.3 is 0 Å². The van der Waals surface area contributed by atoms with Crippen molar-refractivity contribution in [1.82, 2.24) is 10.3 Å². The highest BCUT2D eigenvalue weighted by Crippen LogP contribution is 2.36. The van der Waals surface area contributed by atoms with Gasteiger partial charge in [0.2, 0.25) is 5.88 Å². The highest BCUT2D eigenvalue weighted by molar-refractivity contribution is 7.19. The molecule has 30 heavy (non-hydrogen) atoms. The van der Waals surface area contributed by atoms with Crippen LogP contribution in [0.4, 0.5) is 0 Å². The highest BCUT2D eigenvalue weighted by atomic mass is 32.1. The summed E-state index contributed by atoms with van der Waals surface area (Å²) < 4.78 is 6.57. The summed E-state index contributed by atoms with van der Waals surface area (Å²) in [6, 6.07) is 20.0. The fourth-order valence-electron chi connectivity index (χ4n) is 3.46. The van der Waals surface area contributed by atoms with Crippen LogP contribution in [0.5, 0.6) is 5.88 Å². The van der Waals surface area contributed by atoms with Crippen LogP contribution in [0.3, 0.4) is 0 Å². The van der Waals surface area contributed by atoms with Crippen LogP contribution in [-0.4, -0.2) is 36.3 Å². The molecule has 4 rings (SSSR count). The summed E-state index contributed by atoms with van der Waals surface area (Å²) in [5.41, 5.74) is 3.72.